The first kappa shape index (κ1) is 14.4. The van der Waals surface area contributed by atoms with Crippen LogP contribution in [0.2, 0.25) is 0 Å². The lowest BCUT2D eigenvalue weighted by molar-refractivity contribution is 0.288. The molecule has 0 spiro atoms. The number of hydrogen-bond donors (Lipinski definition) is 3. The lowest BCUT2D eigenvalue weighted by Gasteiger charge is -2.16. The van der Waals surface area contributed by atoms with Crippen molar-refractivity contribution in [2.24, 2.45) is 0 Å². The molecular formula is C17H21NO2. The fraction of sp³-hybridized carbons (Fsp3) is 0.294. The quantitative estimate of drug-likeness (QED) is 0.754. The molecule has 0 radical (unpaired) electrons. The van der Waals surface area contributed by atoms with Crippen LogP contribution >= 0.6 is 0 Å². The molecule has 0 aliphatic heterocycles. The largest absolute Gasteiger partial charge is 0.508 e. The minimum atomic E-state index is 0.170. The topological polar surface area (TPSA) is 52.5 Å². The lowest BCUT2D eigenvalue weighted by Crippen LogP contribution is -2.06. The second-order valence-electron chi connectivity index (χ2n) is 4.99. The predicted octanol–water partition coefficient (Wildman–Crippen LogP) is 3.49. The number of aliphatic hydroxyl groups is 1. The van der Waals surface area contributed by atoms with Crippen LogP contribution in [0.3, 0.4) is 0 Å². The molecule has 0 amide bonds. The van der Waals surface area contributed by atoms with Crippen molar-refractivity contribution >= 4 is 5.69 Å². The molecule has 0 fully saturated rings. The molecule has 0 bridgehead atoms. The molecular weight excluding hydrogens is 250 g/mol. The zero-order chi connectivity index (χ0) is 14.4. The maximum Gasteiger partial charge on any atom is 0.115 e. The molecule has 0 aliphatic rings. The monoisotopic (exact) mass is 271 g/mol. The van der Waals surface area contributed by atoms with Gasteiger partial charge in [-0.1, -0.05) is 24.3 Å². The highest BCUT2D eigenvalue weighted by molar-refractivity contribution is 5.48. The average Bonchev–Trinajstić information content (AvgIpc) is 2.46. The predicted molar refractivity (Wildman–Crippen MR) is 82.0 cm³/mol. The summed E-state index contributed by atoms with van der Waals surface area (Å²) in [6, 6.07) is 15.7. The van der Waals surface area contributed by atoms with E-state index in [-0.39, 0.29) is 18.4 Å². The maximum atomic E-state index is 9.31. The Kier molecular flexibility index (Phi) is 5.02. The second kappa shape index (κ2) is 6.96. The zero-order valence-electron chi connectivity index (χ0n) is 11.7. The molecule has 1 atom stereocenters. The normalized spacial score (nSPS) is 12.1. The van der Waals surface area contributed by atoms with Gasteiger partial charge in [0.15, 0.2) is 0 Å². The number of aryl methyl sites for hydroxylation is 1. The molecule has 0 saturated heterocycles. The Bertz CT molecular complexity index is 537. The van der Waals surface area contributed by atoms with Crippen molar-refractivity contribution in [2.75, 3.05) is 11.9 Å². The minimum Gasteiger partial charge on any atom is -0.508 e. The molecule has 20 heavy (non-hydrogen) atoms. The number of phenolic OH excluding ortho intramolecular Hbond substituents is 1. The fourth-order valence-electron chi connectivity index (χ4n) is 2.20. The van der Waals surface area contributed by atoms with E-state index >= 15 is 0 Å². The third-order valence-corrected chi connectivity index (χ3v) is 3.33. The molecule has 2 aromatic rings. The number of phenols is 1. The summed E-state index contributed by atoms with van der Waals surface area (Å²) >= 11 is 0. The Morgan fingerprint density at radius 2 is 1.85 bits per heavy atom. The standard InChI is InChI=1S/C17H21NO2/c1-13(15-7-9-17(20)10-8-15)18-16-6-2-4-14(12-16)5-3-11-19/h2,4,6-10,12-13,18-20H,3,5,11H2,1H3. The SMILES string of the molecule is CC(Nc1cccc(CCCO)c1)c1ccc(O)cc1. The van der Waals surface area contributed by atoms with Gasteiger partial charge < -0.3 is 15.5 Å². The van der Waals surface area contributed by atoms with Crippen molar-refractivity contribution in [2.45, 2.75) is 25.8 Å². The van der Waals surface area contributed by atoms with Gasteiger partial charge in [-0.2, -0.15) is 0 Å². The summed E-state index contributed by atoms with van der Waals surface area (Å²) in [5, 5.41) is 21.6. The Hall–Kier alpha value is -2.00. The van der Waals surface area contributed by atoms with Crippen molar-refractivity contribution in [3.05, 3.63) is 59.7 Å². The van der Waals surface area contributed by atoms with Crippen LogP contribution in [-0.4, -0.2) is 16.8 Å². The second-order valence-corrected chi connectivity index (χ2v) is 4.99. The molecule has 3 N–H and O–H groups in total. The van der Waals surface area contributed by atoms with Crippen molar-refractivity contribution in [3.8, 4) is 5.75 Å². The van der Waals surface area contributed by atoms with Gasteiger partial charge in [-0.3, -0.25) is 0 Å². The minimum absolute atomic E-state index is 0.170. The summed E-state index contributed by atoms with van der Waals surface area (Å²) in [5.41, 5.74) is 3.42. The number of rotatable bonds is 6. The van der Waals surface area contributed by atoms with E-state index in [1.165, 1.54) is 5.56 Å². The third-order valence-electron chi connectivity index (χ3n) is 3.33. The van der Waals surface area contributed by atoms with E-state index in [2.05, 4.69) is 24.4 Å². The van der Waals surface area contributed by atoms with E-state index in [0.29, 0.717) is 0 Å². The highest BCUT2D eigenvalue weighted by Gasteiger charge is 2.05. The Labute approximate surface area is 119 Å². The van der Waals surface area contributed by atoms with Crippen LogP contribution in [0, 0.1) is 0 Å². The Morgan fingerprint density at radius 3 is 2.55 bits per heavy atom. The number of aromatic hydroxyl groups is 1. The van der Waals surface area contributed by atoms with E-state index in [0.717, 1.165) is 24.1 Å². The van der Waals surface area contributed by atoms with Gasteiger partial charge >= 0.3 is 0 Å². The molecule has 0 heterocycles. The first-order valence-electron chi connectivity index (χ1n) is 6.94. The first-order valence-corrected chi connectivity index (χ1v) is 6.94. The van der Waals surface area contributed by atoms with Crippen LogP contribution < -0.4 is 5.32 Å². The van der Waals surface area contributed by atoms with Gasteiger partial charge in [-0.05, 0) is 55.2 Å². The highest BCUT2D eigenvalue weighted by atomic mass is 16.3. The number of aliphatic hydroxyl groups excluding tert-OH is 1. The first-order chi connectivity index (χ1) is 9.69. The Balaban J connectivity index is 2.03. The van der Waals surface area contributed by atoms with Gasteiger partial charge in [0, 0.05) is 18.3 Å². The van der Waals surface area contributed by atoms with Crippen molar-refractivity contribution in [1.82, 2.24) is 0 Å². The van der Waals surface area contributed by atoms with E-state index in [4.69, 9.17) is 5.11 Å². The van der Waals surface area contributed by atoms with Gasteiger partial charge in [-0.15, -0.1) is 0 Å². The lowest BCUT2D eigenvalue weighted by atomic mass is 10.1. The molecule has 0 saturated carbocycles. The van der Waals surface area contributed by atoms with Crippen molar-refractivity contribution in [1.29, 1.82) is 0 Å². The van der Waals surface area contributed by atoms with Gasteiger partial charge in [0.1, 0.15) is 5.75 Å². The van der Waals surface area contributed by atoms with E-state index in [1.54, 1.807) is 12.1 Å². The summed E-state index contributed by atoms with van der Waals surface area (Å²) in [6.07, 6.45) is 1.68. The molecule has 0 aliphatic carbocycles. The number of hydrogen-bond acceptors (Lipinski definition) is 3. The summed E-state index contributed by atoms with van der Waals surface area (Å²) in [6.45, 7) is 2.31. The maximum absolute atomic E-state index is 9.31. The van der Waals surface area contributed by atoms with Gasteiger partial charge in [-0.25, -0.2) is 0 Å². The number of anilines is 1. The summed E-state index contributed by atoms with van der Waals surface area (Å²) in [5.74, 6) is 0.284. The molecule has 3 heteroatoms. The molecule has 3 nitrogen and oxygen atoms in total. The van der Waals surface area contributed by atoms with Crippen LogP contribution in [-0.2, 0) is 6.42 Å². The third kappa shape index (κ3) is 4.00. The highest BCUT2D eigenvalue weighted by Crippen LogP contribution is 2.22. The Morgan fingerprint density at radius 1 is 1.10 bits per heavy atom. The average molecular weight is 271 g/mol. The zero-order valence-corrected chi connectivity index (χ0v) is 11.7. The van der Waals surface area contributed by atoms with Crippen LogP contribution in [0.25, 0.3) is 0 Å². The van der Waals surface area contributed by atoms with Crippen LogP contribution in [0.15, 0.2) is 48.5 Å². The van der Waals surface area contributed by atoms with E-state index in [9.17, 15) is 5.11 Å². The molecule has 106 valence electrons. The van der Waals surface area contributed by atoms with Gasteiger partial charge in [0.2, 0.25) is 0 Å². The van der Waals surface area contributed by atoms with Crippen LogP contribution in [0.1, 0.15) is 30.5 Å². The van der Waals surface area contributed by atoms with Gasteiger partial charge in [0.05, 0.1) is 0 Å². The molecule has 2 aromatic carbocycles. The molecule has 1 unspecified atom stereocenters. The van der Waals surface area contributed by atoms with Crippen LogP contribution in [0.5, 0.6) is 5.75 Å². The van der Waals surface area contributed by atoms with E-state index < -0.39 is 0 Å². The summed E-state index contributed by atoms with van der Waals surface area (Å²) in [4.78, 5) is 0. The summed E-state index contributed by atoms with van der Waals surface area (Å²) in [7, 11) is 0. The van der Waals surface area contributed by atoms with Crippen LogP contribution in [0.4, 0.5) is 5.69 Å². The smallest absolute Gasteiger partial charge is 0.115 e. The summed E-state index contributed by atoms with van der Waals surface area (Å²) < 4.78 is 0. The number of nitrogens with one attached hydrogen (secondary N) is 1. The van der Waals surface area contributed by atoms with Crippen molar-refractivity contribution in [3.63, 3.8) is 0 Å². The fourth-order valence-corrected chi connectivity index (χ4v) is 2.20. The number of benzene rings is 2. The molecule has 2 rings (SSSR count). The van der Waals surface area contributed by atoms with Crippen molar-refractivity contribution < 1.29 is 10.2 Å². The van der Waals surface area contributed by atoms with Gasteiger partial charge in [0.25, 0.3) is 0 Å². The molecule has 0 aromatic heterocycles. The van der Waals surface area contributed by atoms with E-state index in [1.807, 2.05) is 24.3 Å².